The Kier molecular flexibility index (Phi) is 4.23. The lowest BCUT2D eigenvalue weighted by Crippen LogP contribution is -2.57. The number of hydrogen-bond acceptors (Lipinski definition) is 5. The molecule has 0 bridgehead atoms. The normalized spacial score (nSPS) is 19.9. The van der Waals surface area contributed by atoms with Gasteiger partial charge in [0.1, 0.15) is 11.4 Å². The van der Waals surface area contributed by atoms with Gasteiger partial charge in [-0.25, -0.2) is 9.78 Å². The van der Waals surface area contributed by atoms with Crippen LogP contribution in [0.25, 0.3) is 0 Å². The number of pyridine rings is 1. The van der Waals surface area contributed by atoms with E-state index in [9.17, 15) is 9.18 Å². The van der Waals surface area contributed by atoms with Crippen LogP contribution in [0.15, 0.2) is 18.3 Å². The van der Waals surface area contributed by atoms with E-state index in [0.29, 0.717) is 5.75 Å². The molecule has 20 heavy (non-hydrogen) atoms. The number of halogens is 1. The van der Waals surface area contributed by atoms with E-state index >= 15 is 0 Å². The zero-order valence-corrected chi connectivity index (χ0v) is 11.9. The highest BCUT2D eigenvalue weighted by Crippen LogP contribution is 2.20. The summed E-state index contributed by atoms with van der Waals surface area (Å²) >= 11 is 0. The number of nitrogens with one attached hydrogen (secondary N) is 1. The van der Waals surface area contributed by atoms with Crippen LogP contribution in [0, 0.1) is 5.95 Å². The fraction of sp³-hybridized carbons (Fsp3) is 0.571. The Balaban J connectivity index is 2.07. The van der Waals surface area contributed by atoms with Crippen molar-refractivity contribution in [1.29, 1.82) is 0 Å². The van der Waals surface area contributed by atoms with Crippen LogP contribution in [0.2, 0.25) is 0 Å². The molecule has 2 heterocycles. The molecule has 1 aliphatic heterocycles. The van der Waals surface area contributed by atoms with E-state index < -0.39 is 23.6 Å². The first-order valence-electron chi connectivity index (χ1n) is 6.59. The van der Waals surface area contributed by atoms with Gasteiger partial charge in [-0.05, 0) is 45.9 Å². The molecule has 1 saturated heterocycles. The highest BCUT2D eigenvalue weighted by molar-refractivity contribution is 5.76. The quantitative estimate of drug-likeness (QED) is 0.672. The molecule has 6 heteroatoms. The lowest BCUT2D eigenvalue weighted by atomic mass is 10.0. The largest absolute Gasteiger partial charge is 0.475 e. The minimum absolute atomic E-state index is 0.0881. The van der Waals surface area contributed by atoms with E-state index in [2.05, 4.69) is 10.3 Å². The van der Waals surface area contributed by atoms with E-state index in [1.165, 1.54) is 18.3 Å². The third-order valence-electron chi connectivity index (χ3n) is 2.83. The second-order valence-corrected chi connectivity index (χ2v) is 5.74. The standard InChI is InChI=1S/C14H19FN2O3/c1-14(2,3)20-13(18)12(10-6-7-16-10)19-9-4-5-11(15)17-8-9/h4-5,8,10,12,16H,6-7H2,1-3H3/t10-,12?/m1/s1. The van der Waals surface area contributed by atoms with Gasteiger partial charge in [0, 0.05) is 0 Å². The molecular formula is C14H19FN2O3. The molecule has 1 aliphatic rings. The fourth-order valence-electron chi connectivity index (χ4n) is 1.80. The number of carbonyl (C=O) groups excluding carboxylic acids is 1. The molecule has 1 fully saturated rings. The van der Waals surface area contributed by atoms with E-state index in [1.807, 2.05) is 0 Å². The summed E-state index contributed by atoms with van der Waals surface area (Å²) in [6.45, 7) is 6.25. The number of rotatable bonds is 4. The number of nitrogens with zero attached hydrogens (tertiary/aromatic N) is 1. The number of ether oxygens (including phenoxy) is 2. The minimum atomic E-state index is -0.754. The molecule has 0 aromatic carbocycles. The molecule has 0 amide bonds. The highest BCUT2D eigenvalue weighted by Gasteiger charge is 2.37. The lowest BCUT2D eigenvalue weighted by Gasteiger charge is -2.35. The van der Waals surface area contributed by atoms with E-state index in [4.69, 9.17) is 9.47 Å². The first kappa shape index (κ1) is 14.7. The Morgan fingerprint density at radius 1 is 1.50 bits per heavy atom. The Morgan fingerprint density at radius 2 is 2.20 bits per heavy atom. The van der Waals surface area contributed by atoms with Crippen molar-refractivity contribution >= 4 is 5.97 Å². The Hall–Kier alpha value is -1.69. The van der Waals surface area contributed by atoms with Gasteiger partial charge in [0.15, 0.2) is 0 Å². The maximum atomic E-state index is 12.8. The van der Waals surface area contributed by atoms with Crippen molar-refractivity contribution in [1.82, 2.24) is 10.3 Å². The summed E-state index contributed by atoms with van der Waals surface area (Å²) in [5.74, 6) is -0.678. The van der Waals surface area contributed by atoms with Gasteiger partial charge < -0.3 is 14.8 Å². The van der Waals surface area contributed by atoms with Crippen LogP contribution in [0.5, 0.6) is 5.75 Å². The van der Waals surface area contributed by atoms with Gasteiger partial charge in [-0.1, -0.05) is 0 Å². The van der Waals surface area contributed by atoms with Crippen molar-refractivity contribution in [3.05, 3.63) is 24.3 Å². The lowest BCUT2D eigenvalue weighted by molar-refractivity contribution is -0.165. The molecule has 1 unspecified atom stereocenters. The summed E-state index contributed by atoms with van der Waals surface area (Å²) in [6.07, 6.45) is 1.33. The van der Waals surface area contributed by atoms with Gasteiger partial charge in [0.2, 0.25) is 12.1 Å². The average molecular weight is 282 g/mol. The van der Waals surface area contributed by atoms with Gasteiger partial charge in [0.25, 0.3) is 0 Å². The number of esters is 1. The molecule has 1 aromatic rings. The van der Waals surface area contributed by atoms with Crippen LogP contribution in [0.4, 0.5) is 4.39 Å². The van der Waals surface area contributed by atoms with E-state index in [-0.39, 0.29) is 6.04 Å². The zero-order chi connectivity index (χ0) is 14.8. The highest BCUT2D eigenvalue weighted by atomic mass is 19.1. The van der Waals surface area contributed by atoms with Crippen LogP contribution in [0.1, 0.15) is 27.2 Å². The second kappa shape index (κ2) is 5.75. The summed E-state index contributed by atoms with van der Waals surface area (Å²) in [7, 11) is 0. The van der Waals surface area contributed by atoms with Gasteiger partial charge in [-0.2, -0.15) is 4.39 Å². The summed E-state index contributed by atoms with van der Waals surface area (Å²) in [6, 6.07) is 2.54. The maximum absolute atomic E-state index is 12.8. The first-order chi connectivity index (χ1) is 9.35. The van der Waals surface area contributed by atoms with Crippen molar-refractivity contribution in [2.75, 3.05) is 6.54 Å². The fourth-order valence-corrected chi connectivity index (χ4v) is 1.80. The minimum Gasteiger partial charge on any atom is -0.475 e. The Bertz CT molecular complexity index is 466. The van der Waals surface area contributed by atoms with Crippen LogP contribution in [-0.2, 0) is 9.53 Å². The SMILES string of the molecule is CC(C)(C)OC(=O)C(Oc1ccc(F)nc1)[C@H]1CCN1. The average Bonchev–Trinajstić information content (AvgIpc) is 2.26. The van der Waals surface area contributed by atoms with Gasteiger partial charge >= 0.3 is 5.97 Å². The topological polar surface area (TPSA) is 60.5 Å². The third-order valence-corrected chi connectivity index (χ3v) is 2.83. The molecule has 0 radical (unpaired) electrons. The second-order valence-electron chi connectivity index (χ2n) is 5.74. The smallest absolute Gasteiger partial charge is 0.349 e. The molecule has 2 rings (SSSR count). The molecule has 0 aliphatic carbocycles. The van der Waals surface area contributed by atoms with Crippen molar-refractivity contribution in [3.63, 3.8) is 0 Å². The molecule has 0 spiro atoms. The Morgan fingerprint density at radius 3 is 2.65 bits per heavy atom. The monoisotopic (exact) mass is 282 g/mol. The molecule has 1 aromatic heterocycles. The molecule has 5 nitrogen and oxygen atoms in total. The molecule has 0 saturated carbocycles. The van der Waals surface area contributed by atoms with Crippen molar-refractivity contribution < 1.29 is 18.7 Å². The molecule has 110 valence electrons. The number of aromatic nitrogens is 1. The van der Waals surface area contributed by atoms with Crippen molar-refractivity contribution in [2.24, 2.45) is 0 Å². The molecular weight excluding hydrogens is 263 g/mol. The summed E-state index contributed by atoms with van der Waals surface area (Å²) in [4.78, 5) is 15.7. The maximum Gasteiger partial charge on any atom is 0.349 e. The van der Waals surface area contributed by atoms with Crippen molar-refractivity contribution in [3.8, 4) is 5.75 Å². The molecule has 1 N–H and O–H groups in total. The first-order valence-corrected chi connectivity index (χ1v) is 6.59. The number of hydrogen-bond donors (Lipinski definition) is 1. The van der Waals surface area contributed by atoms with Crippen LogP contribution in [0.3, 0.4) is 0 Å². The van der Waals surface area contributed by atoms with Crippen LogP contribution >= 0.6 is 0 Å². The summed E-state index contributed by atoms with van der Waals surface area (Å²) in [5, 5.41) is 3.12. The summed E-state index contributed by atoms with van der Waals surface area (Å²) < 4.78 is 23.7. The zero-order valence-electron chi connectivity index (χ0n) is 11.9. The Labute approximate surface area is 117 Å². The van der Waals surface area contributed by atoms with Crippen molar-refractivity contribution in [2.45, 2.75) is 44.9 Å². The molecule has 2 atom stereocenters. The van der Waals surface area contributed by atoms with E-state index in [1.54, 1.807) is 20.8 Å². The van der Waals surface area contributed by atoms with Crippen LogP contribution < -0.4 is 10.1 Å². The number of carbonyl (C=O) groups is 1. The van der Waals surface area contributed by atoms with Gasteiger partial charge in [-0.15, -0.1) is 0 Å². The third kappa shape index (κ3) is 3.90. The van der Waals surface area contributed by atoms with E-state index in [0.717, 1.165) is 13.0 Å². The van der Waals surface area contributed by atoms with Crippen LogP contribution in [-0.4, -0.2) is 35.2 Å². The van der Waals surface area contributed by atoms with Gasteiger partial charge in [0.05, 0.1) is 12.2 Å². The predicted octanol–water partition coefficient (Wildman–Crippen LogP) is 1.67. The summed E-state index contributed by atoms with van der Waals surface area (Å²) in [5.41, 5.74) is -0.580. The predicted molar refractivity (Wildman–Crippen MR) is 70.9 cm³/mol. The van der Waals surface area contributed by atoms with Gasteiger partial charge in [-0.3, -0.25) is 0 Å².